The van der Waals surface area contributed by atoms with Gasteiger partial charge in [-0.2, -0.15) is 4.98 Å². The molecule has 2 N–H and O–H groups in total. The van der Waals surface area contributed by atoms with Crippen LogP contribution in [0.5, 0.6) is 5.75 Å². The lowest BCUT2D eigenvalue weighted by Gasteiger charge is -2.32. The van der Waals surface area contributed by atoms with Gasteiger partial charge < -0.3 is 14.6 Å². The molecular weight excluding hydrogens is 310 g/mol. The summed E-state index contributed by atoms with van der Waals surface area (Å²) < 4.78 is 3.18. The fourth-order valence-electron chi connectivity index (χ4n) is 3.25. The smallest absolute Gasteiger partial charge is 0.329 e. The largest absolute Gasteiger partial charge is 0.508 e. The molecule has 0 fully saturated rings. The molecule has 1 aliphatic heterocycles. The number of H-pyrrole nitrogens is 1. The first-order chi connectivity index (χ1) is 11.5. The third kappa shape index (κ3) is 2.03. The van der Waals surface area contributed by atoms with Crippen LogP contribution >= 0.6 is 0 Å². The third-order valence-corrected chi connectivity index (χ3v) is 4.36. The predicted octanol–water partition coefficient (Wildman–Crippen LogP) is 0.917. The number of benzene rings is 1. The maximum atomic E-state index is 12.3. The van der Waals surface area contributed by atoms with Crippen molar-refractivity contribution in [2.75, 3.05) is 11.4 Å². The van der Waals surface area contributed by atoms with Crippen LogP contribution in [0.3, 0.4) is 0 Å². The highest BCUT2D eigenvalue weighted by molar-refractivity contribution is 5.77. The molecule has 3 heterocycles. The van der Waals surface area contributed by atoms with E-state index in [2.05, 4.69) is 16.9 Å². The molecule has 4 rings (SSSR count). The van der Waals surface area contributed by atoms with Crippen molar-refractivity contribution < 1.29 is 5.11 Å². The zero-order valence-corrected chi connectivity index (χ0v) is 13.4. The van der Waals surface area contributed by atoms with Crippen LogP contribution in [-0.4, -0.2) is 30.8 Å². The number of anilines is 2. The van der Waals surface area contributed by atoms with Crippen molar-refractivity contribution in [3.05, 3.63) is 45.1 Å². The number of nitrogens with one attached hydrogen (secondary N) is 1. The second-order valence-corrected chi connectivity index (χ2v) is 6.25. The molecule has 8 nitrogen and oxygen atoms in total. The SMILES string of the molecule is CC1CN(c2cccc(O)c2)c2nc3c(c(=O)[nH]c(=O)n3C)n2C1. The number of nitrogens with zero attached hydrogens (tertiary/aromatic N) is 4. The summed E-state index contributed by atoms with van der Waals surface area (Å²) in [4.78, 5) is 33.0. The molecule has 0 aliphatic carbocycles. The molecule has 1 atom stereocenters. The molecule has 0 saturated heterocycles. The quantitative estimate of drug-likeness (QED) is 0.693. The van der Waals surface area contributed by atoms with Crippen molar-refractivity contribution >= 4 is 22.8 Å². The van der Waals surface area contributed by atoms with E-state index in [4.69, 9.17) is 0 Å². The fourth-order valence-corrected chi connectivity index (χ4v) is 3.25. The van der Waals surface area contributed by atoms with Gasteiger partial charge in [-0.3, -0.25) is 14.3 Å². The van der Waals surface area contributed by atoms with E-state index in [0.717, 1.165) is 5.69 Å². The van der Waals surface area contributed by atoms with Crippen LogP contribution in [0.4, 0.5) is 11.6 Å². The van der Waals surface area contributed by atoms with Crippen molar-refractivity contribution in [3.8, 4) is 5.75 Å². The lowest BCUT2D eigenvalue weighted by Crippen LogP contribution is -2.35. The van der Waals surface area contributed by atoms with Gasteiger partial charge >= 0.3 is 5.69 Å². The number of aromatic hydroxyl groups is 1. The number of aromatic amines is 1. The van der Waals surface area contributed by atoms with Crippen LogP contribution in [0.2, 0.25) is 0 Å². The van der Waals surface area contributed by atoms with E-state index < -0.39 is 11.2 Å². The van der Waals surface area contributed by atoms with Crippen molar-refractivity contribution in [3.63, 3.8) is 0 Å². The van der Waals surface area contributed by atoms with Gasteiger partial charge in [-0.1, -0.05) is 13.0 Å². The standard InChI is InChI=1S/C16H17N5O3/c1-9-7-20(10-4-3-5-11(22)6-10)15-17-13-12(21(15)8-9)14(23)18-16(24)19(13)2/h3-6,9,22H,7-8H2,1-2H3,(H,18,23,24). The van der Waals surface area contributed by atoms with Gasteiger partial charge in [0.1, 0.15) is 5.75 Å². The third-order valence-electron chi connectivity index (χ3n) is 4.36. The highest BCUT2D eigenvalue weighted by atomic mass is 16.3. The van der Waals surface area contributed by atoms with Gasteiger partial charge in [0.15, 0.2) is 11.2 Å². The number of aryl methyl sites for hydroxylation is 1. The average Bonchev–Trinajstić information content (AvgIpc) is 2.91. The Kier molecular flexibility index (Phi) is 3.02. The first kappa shape index (κ1) is 14.6. The number of hydrogen-bond acceptors (Lipinski definition) is 5. The molecule has 0 saturated carbocycles. The fraction of sp³-hybridized carbons (Fsp3) is 0.312. The van der Waals surface area contributed by atoms with E-state index >= 15 is 0 Å². The van der Waals surface area contributed by atoms with Gasteiger partial charge in [-0.05, 0) is 18.1 Å². The van der Waals surface area contributed by atoms with Crippen LogP contribution < -0.4 is 16.1 Å². The Bertz CT molecular complexity index is 1060. The minimum atomic E-state index is -0.486. The van der Waals surface area contributed by atoms with Gasteiger partial charge in [0.25, 0.3) is 5.56 Å². The minimum Gasteiger partial charge on any atom is -0.508 e. The summed E-state index contributed by atoms with van der Waals surface area (Å²) >= 11 is 0. The highest BCUT2D eigenvalue weighted by Crippen LogP contribution is 2.33. The van der Waals surface area contributed by atoms with Crippen molar-refractivity contribution in [1.29, 1.82) is 0 Å². The molecular formula is C16H17N5O3. The van der Waals surface area contributed by atoms with Gasteiger partial charge in [0.2, 0.25) is 5.95 Å². The molecule has 24 heavy (non-hydrogen) atoms. The summed E-state index contributed by atoms with van der Waals surface area (Å²) in [5.41, 5.74) is 0.623. The Balaban J connectivity index is 2.02. The molecule has 124 valence electrons. The molecule has 8 heteroatoms. The topological polar surface area (TPSA) is 96.2 Å². The van der Waals surface area contributed by atoms with Gasteiger partial charge in [-0.25, -0.2) is 4.79 Å². The summed E-state index contributed by atoms with van der Waals surface area (Å²) in [5.74, 6) is 1.04. The Hall–Kier alpha value is -3.03. The number of phenols is 1. The van der Waals surface area contributed by atoms with E-state index in [1.54, 1.807) is 25.2 Å². The Morgan fingerprint density at radius 1 is 1.29 bits per heavy atom. The van der Waals surface area contributed by atoms with Crippen molar-refractivity contribution in [2.24, 2.45) is 13.0 Å². The minimum absolute atomic E-state index is 0.165. The lowest BCUT2D eigenvalue weighted by atomic mass is 10.1. The van der Waals surface area contributed by atoms with Gasteiger partial charge in [-0.15, -0.1) is 0 Å². The van der Waals surface area contributed by atoms with Crippen LogP contribution in [0.25, 0.3) is 11.2 Å². The summed E-state index contributed by atoms with van der Waals surface area (Å²) in [7, 11) is 1.59. The van der Waals surface area contributed by atoms with E-state index in [1.807, 2.05) is 15.5 Å². The second kappa shape index (κ2) is 4.98. The van der Waals surface area contributed by atoms with E-state index in [1.165, 1.54) is 4.57 Å². The monoisotopic (exact) mass is 327 g/mol. The zero-order chi connectivity index (χ0) is 17.0. The molecule has 3 aromatic rings. The number of hydrogen-bond donors (Lipinski definition) is 2. The molecule has 0 bridgehead atoms. The van der Waals surface area contributed by atoms with Crippen LogP contribution in [0, 0.1) is 5.92 Å². The number of imidazole rings is 1. The molecule has 1 unspecified atom stereocenters. The lowest BCUT2D eigenvalue weighted by molar-refractivity contribution is 0.456. The first-order valence-electron chi connectivity index (χ1n) is 7.72. The summed E-state index contributed by atoms with van der Waals surface area (Å²) in [6, 6.07) is 6.91. The van der Waals surface area contributed by atoms with Crippen LogP contribution in [-0.2, 0) is 13.6 Å². The maximum Gasteiger partial charge on any atom is 0.329 e. The van der Waals surface area contributed by atoms with Crippen LogP contribution in [0.1, 0.15) is 6.92 Å². The number of phenolic OH excluding ortho intramolecular Hbond substituents is 1. The second-order valence-electron chi connectivity index (χ2n) is 6.25. The normalized spacial score (nSPS) is 17.2. The molecule has 0 radical (unpaired) electrons. The molecule has 2 aromatic heterocycles. The zero-order valence-electron chi connectivity index (χ0n) is 13.4. The average molecular weight is 327 g/mol. The molecule has 0 amide bonds. The van der Waals surface area contributed by atoms with Crippen molar-refractivity contribution in [2.45, 2.75) is 13.5 Å². The van der Waals surface area contributed by atoms with Gasteiger partial charge in [0.05, 0.1) is 0 Å². The number of aromatic nitrogens is 4. The number of rotatable bonds is 1. The number of fused-ring (bicyclic) bond motifs is 3. The highest BCUT2D eigenvalue weighted by Gasteiger charge is 2.28. The summed E-state index contributed by atoms with van der Waals surface area (Å²) in [5, 5.41) is 9.77. The molecule has 0 spiro atoms. The summed E-state index contributed by atoms with van der Waals surface area (Å²) in [6.07, 6.45) is 0. The van der Waals surface area contributed by atoms with Crippen molar-refractivity contribution in [1.82, 2.24) is 19.1 Å². The van der Waals surface area contributed by atoms with E-state index in [-0.39, 0.29) is 11.7 Å². The molecule has 1 aromatic carbocycles. The maximum absolute atomic E-state index is 12.3. The van der Waals surface area contributed by atoms with Crippen LogP contribution in [0.15, 0.2) is 33.9 Å². The van der Waals surface area contributed by atoms with E-state index in [0.29, 0.717) is 30.2 Å². The van der Waals surface area contributed by atoms with E-state index in [9.17, 15) is 14.7 Å². The summed E-state index contributed by atoms with van der Waals surface area (Å²) in [6.45, 7) is 3.43. The first-order valence-corrected chi connectivity index (χ1v) is 7.72. The predicted molar refractivity (Wildman–Crippen MR) is 89.9 cm³/mol. The Labute approximate surface area is 136 Å². The Morgan fingerprint density at radius 2 is 2.08 bits per heavy atom. The molecule has 1 aliphatic rings. The van der Waals surface area contributed by atoms with Gasteiger partial charge in [0, 0.05) is 31.9 Å². The Morgan fingerprint density at radius 3 is 2.83 bits per heavy atom.